The lowest BCUT2D eigenvalue weighted by atomic mass is 9.71. The first kappa shape index (κ1) is 14.0. The Bertz CT molecular complexity index is 836. The number of ketones is 1. The van der Waals surface area contributed by atoms with Crippen LogP contribution in [0.15, 0.2) is 84.9 Å². The van der Waals surface area contributed by atoms with Crippen molar-refractivity contribution < 1.29 is 4.79 Å². The summed E-state index contributed by atoms with van der Waals surface area (Å²) in [6, 6.07) is 29.0. The Morgan fingerprint density at radius 3 is 2.09 bits per heavy atom. The van der Waals surface area contributed by atoms with Crippen LogP contribution in [0.5, 0.6) is 0 Å². The lowest BCUT2D eigenvalue weighted by Gasteiger charge is -2.31. The molecule has 0 saturated heterocycles. The molecule has 1 heteroatoms. The van der Waals surface area contributed by atoms with Gasteiger partial charge in [0.1, 0.15) is 0 Å². The van der Waals surface area contributed by atoms with Crippen molar-refractivity contribution >= 4 is 5.78 Å². The molecule has 4 rings (SSSR count). The summed E-state index contributed by atoms with van der Waals surface area (Å²) >= 11 is 0. The zero-order valence-corrected chi connectivity index (χ0v) is 12.9. The van der Waals surface area contributed by atoms with E-state index in [1.54, 1.807) is 0 Å². The molecule has 1 aliphatic rings. The predicted octanol–water partition coefficient (Wildman–Crippen LogP) is 4.80. The summed E-state index contributed by atoms with van der Waals surface area (Å²) in [5.74, 6) is 0.250. The van der Waals surface area contributed by atoms with Crippen LogP contribution < -0.4 is 0 Å². The molecule has 0 fully saturated rings. The quantitative estimate of drug-likeness (QED) is 0.678. The molecule has 112 valence electrons. The summed E-state index contributed by atoms with van der Waals surface area (Å²) in [5, 5.41) is 0. The second-order valence-electron chi connectivity index (χ2n) is 6.26. The minimum atomic E-state index is -0.254. The van der Waals surface area contributed by atoms with Crippen LogP contribution in [-0.4, -0.2) is 5.78 Å². The maximum absolute atomic E-state index is 12.6. The maximum Gasteiger partial charge on any atom is 0.164 e. The fraction of sp³-hybridized carbons (Fsp3) is 0.136. The molecule has 0 N–H and O–H groups in total. The van der Waals surface area contributed by atoms with Gasteiger partial charge in [-0.3, -0.25) is 4.79 Å². The summed E-state index contributed by atoms with van der Waals surface area (Å²) < 4.78 is 0. The van der Waals surface area contributed by atoms with Crippen LogP contribution >= 0.6 is 0 Å². The third kappa shape index (κ3) is 2.29. The molecule has 0 radical (unpaired) electrons. The Hall–Kier alpha value is -2.67. The van der Waals surface area contributed by atoms with Crippen LogP contribution in [0.4, 0.5) is 0 Å². The van der Waals surface area contributed by atoms with E-state index in [2.05, 4.69) is 54.6 Å². The molecule has 0 spiro atoms. The first-order chi connectivity index (χ1) is 11.3. The van der Waals surface area contributed by atoms with Crippen molar-refractivity contribution in [2.45, 2.75) is 18.3 Å². The molecule has 3 aromatic rings. The maximum atomic E-state index is 12.6. The van der Waals surface area contributed by atoms with Gasteiger partial charge >= 0.3 is 0 Å². The zero-order chi connectivity index (χ0) is 15.7. The Kier molecular flexibility index (Phi) is 3.34. The van der Waals surface area contributed by atoms with Gasteiger partial charge in [-0.15, -0.1) is 0 Å². The van der Waals surface area contributed by atoms with E-state index in [1.807, 2.05) is 30.3 Å². The number of Topliss-reactive ketones (excluding diaryl/α,β-unsaturated/α-hetero) is 1. The molecular formula is C22H18O. The second kappa shape index (κ2) is 5.51. The molecule has 1 aliphatic carbocycles. The molecule has 1 nitrogen and oxygen atoms in total. The van der Waals surface area contributed by atoms with E-state index in [1.165, 1.54) is 16.7 Å². The third-order valence-electron chi connectivity index (χ3n) is 4.88. The summed E-state index contributed by atoms with van der Waals surface area (Å²) in [6.45, 7) is 0. The van der Waals surface area contributed by atoms with Crippen LogP contribution in [0.2, 0.25) is 0 Å². The van der Waals surface area contributed by atoms with E-state index in [0.717, 1.165) is 12.0 Å². The standard InChI is InChI=1S/C22H18O/c23-21-16-22(18-11-5-2-6-12-18,15-17-9-3-1-4-10-17)20-14-8-7-13-19(20)21/h1-14H,15-16H2/t22-/m0/s1. The van der Waals surface area contributed by atoms with Gasteiger partial charge in [0.2, 0.25) is 0 Å². The molecule has 3 aromatic carbocycles. The summed E-state index contributed by atoms with van der Waals surface area (Å²) in [7, 11) is 0. The van der Waals surface area contributed by atoms with E-state index in [0.29, 0.717) is 6.42 Å². The normalized spacial score (nSPS) is 19.6. The van der Waals surface area contributed by atoms with Crippen LogP contribution in [0, 0.1) is 0 Å². The Labute approximate surface area is 136 Å². The van der Waals surface area contributed by atoms with E-state index in [9.17, 15) is 4.79 Å². The van der Waals surface area contributed by atoms with Crippen molar-refractivity contribution in [2.24, 2.45) is 0 Å². The van der Waals surface area contributed by atoms with Crippen molar-refractivity contribution in [2.75, 3.05) is 0 Å². The number of carbonyl (C=O) groups excluding carboxylic acids is 1. The highest BCUT2D eigenvalue weighted by Crippen LogP contribution is 2.46. The van der Waals surface area contributed by atoms with Crippen molar-refractivity contribution in [3.05, 3.63) is 107 Å². The van der Waals surface area contributed by atoms with Crippen molar-refractivity contribution in [3.63, 3.8) is 0 Å². The molecule has 0 unspecified atom stereocenters. The van der Waals surface area contributed by atoms with Crippen LogP contribution in [0.1, 0.15) is 33.5 Å². The molecule has 0 amide bonds. The second-order valence-corrected chi connectivity index (χ2v) is 6.26. The monoisotopic (exact) mass is 298 g/mol. The van der Waals surface area contributed by atoms with Gasteiger partial charge in [-0.05, 0) is 23.1 Å². The summed E-state index contributed by atoms with van der Waals surface area (Å²) in [5.41, 5.74) is 4.28. The van der Waals surface area contributed by atoms with E-state index >= 15 is 0 Å². The predicted molar refractivity (Wildman–Crippen MR) is 92.8 cm³/mol. The number of rotatable bonds is 3. The van der Waals surface area contributed by atoms with Gasteiger partial charge < -0.3 is 0 Å². The van der Waals surface area contributed by atoms with Gasteiger partial charge in [-0.2, -0.15) is 0 Å². The Morgan fingerprint density at radius 2 is 1.35 bits per heavy atom. The number of hydrogen-bond acceptors (Lipinski definition) is 1. The molecule has 0 aromatic heterocycles. The molecule has 1 atom stereocenters. The molecule has 23 heavy (non-hydrogen) atoms. The van der Waals surface area contributed by atoms with Gasteiger partial charge in [0.15, 0.2) is 5.78 Å². The van der Waals surface area contributed by atoms with Crippen LogP contribution in [-0.2, 0) is 11.8 Å². The molecule has 0 bridgehead atoms. The van der Waals surface area contributed by atoms with E-state index < -0.39 is 0 Å². The third-order valence-corrected chi connectivity index (χ3v) is 4.88. The zero-order valence-electron chi connectivity index (χ0n) is 12.9. The summed E-state index contributed by atoms with van der Waals surface area (Å²) in [4.78, 5) is 12.6. The van der Waals surface area contributed by atoms with Gasteiger partial charge in [0, 0.05) is 17.4 Å². The average Bonchev–Trinajstić information content (AvgIpc) is 2.90. The number of benzene rings is 3. The fourth-order valence-corrected chi connectivity index (χ4v) is 3.83. The largest absolute Gasteiger partial charge is 0.294 e. The van der Waals surface area contributed by atoms with Crippen LogP contribution in [0.25, 0.3) is 0 Å². The first-order valence-corrected chi connectivity index (χ1v) is 8.02. The smallest absolute Gasteiger partial charge is 0.164 e. The number of fused-ring (bicyclic) bond motifs is 1. The van der Waals surface area contributed by atoms with Crippen LogP contribution in [0.3, 0.4) is 0 Å². The SMILES string of the molecule is O=C1C[C@@](Cc2ccccc2)(c2ccccc2)c2ccccc21. The van der Waals surface area contributed by atoms with Gasteiger partial charge in [0.25, 0.3) is 0 Å². The molecular weight excluding hydrogens is 280 g/mol. The minimum absolute atomic E-state index is 0.250. The highest BCUT2D eigenvalue weighted by Gasteiger charge is 2.44. The van der Waals surface area contributed by atoms with Gasteiger partial charge in [-0.1, -0.05) is 84.9 Å². The van der Waals surface area contributed by atoms with E-state index in [4.69, 9.17) is 0 Å². The highest BCUT2D eigenvalue weighted by molar-refractivity contribution is 6.03. The number of carbonyl (C=O) groups is 1. The Balaban J connectivity index is 1.92. The Morgan fingerprint density at radius 1 is 0.739 bits per heavy atom. The van der Waals surface area contributed by atoms with Gasteiger partial charge in [0.05, 0.1) is 0 Å². The number of hydrogen-bond donors (Lipinski definition) is 0. The lowest BCUT2D eigenvalue weighted by molar-refractivity contribution is 0.0979. The van der Waals surface area contributed by atoms with Crippen molar-refractivity contribution in [1.82, 2.24) is 0 Å². The van der Waals surface area contributed by atoms with Crippen molar-refractivity contribution in [1.29, 1.82) is 0 Å². The molecule has 0 heterocycles. The van der Waals surface area contributed by atoms with E-state index in [-0.39, 0.29) is 11.2 Å². The average molecular weight is 298 g/mol. The van der Waals surface area contributed by atoms with Gasteiger partial charge in [-0.25, -0.2) is 0 Å². The topological polar surface area (TPSA) is 17.1 Å². The lowest BCUT2D eigenvalue weighted by Crippen LogP contribution is -2.28. The highest BCUT2D eigenvalue weighted by atomic mass is 16.1. The van der Waals surface area contributed by atoms with Crippen molar-refractivity contribution in [3.8, 4) is 0 Å². The minimum Gasteiger partial charge on any atom is -0.294 e. The molecule has 0 aliphatic heterocycles. The fourth-order valence-electron chi connectivity index (χ4n) is 3.83. The first-order valence-electron chi connectivity index (χ1n) is 8.02. The summed E-state index contributed by atoms with van der Waals surface area (Å²) in [6.07, 6.45) is 1.39. The molecule has 0 saturated carbocycles.